The average molecular weight is 176 g/mol. The van der Waals surface area contributed by atoms with Gasteiger partial charge in [-0.3, -0.25) is 0 Å². The molecule has 1 unspecified atom stereocenters. The highest BCUT2D eigenvalue weighted by molar-refractivity contribution is 6.20. The van der Waals surface area contributed by atoms with Crippen LogP contribution in [0, 0.1) is 11.3 Å². The van der Waals surface area contributed by atoms with Crippen molar-refractivity contribution >= 4 is 11.6 Å². The fourth-order valence-electron chi connectivity index (χ4n) is 0.601. The van der Waals surface area contributed by atoms with Crippen LogP contribution in [0.3, 0.4) is 0 Å². The largest absolute Gasteiger partial charge is 0.377 e. The summed E-state index contributed by atoms with van der Waals surface area (Å²) in [5, 5.41) is 8.23. The number of nitriles is 1. The number of ether oxygens (including phenoxy) is 1. The molecule has 0 rings (SSSR count). The van der Waals surface area contributed by atoms with Gasteiger partial charge in [0.05, 0.1) is 24.2 Å². The molecule has 1 atom stereocenters. The number of rotatable bonds is 5. The highest BCUT2D eigenvalue weighted by Gasteiger charge is 2.04. The molecule has 0 bridgehead atoms. The SMILES string of the molecule is CC(C)OCC(Cl)CCC#N. The molecule has 0 aromatic rings. The van der Waals surface area contributed by atoms with Crippen molar-refractivity contribution in [1.82, 2.24) is 0 Å². The van der Waals surface area contributed by atoms with E-state index in [4.69, 9.17) is 21.6 Å². The molecule has 0 fully saturated rings. The fourth-order valence-corrected chi connectivity index (χ4v) is 0.783. The predicted molar refractivity (Wildman–Crippen MR) is 45.6 cm³/mol. The third kappa shape index (κ3) is 7.64. The van der Waals surface area contributed by atoms with E-state index in [2.05, 4.69) is 0 Å². The van der Waals surface area contributed by atoms with E-state index in [1.807, 2.05) is 19.9 Å². The third-order valence-corrected chi connectivity index (χ3v) is 1.52. The Bertz CT molecular complexity index is 131. The summed E-state index contributed by atoms with van der Waals surface area (Å²) in [7, 11) is 0. The number of alkyl halides is 1. The van der Waals surface area contributed by atoms with Gasteiger partial charge in [0.15, 0.2) is 0 Å². The molecule has 0 aliphatic rings. The second-order valence-electron chi connectivity index (χ2n) is 2.68. The van der Waals surface area contributed by atoms with Gasteiger partial charge in [-0.25, -0.2) is 0 Å². The van der Waals surface area contributed by atoms with Crippen molar-refractivity contribution in [2.24, 2.45) is 0 Å². The molecule has 0 radical (unpaired) electrons. The van der Waals surface area contributed by atoms with Gasteiger partial charge in [-0.2, -0.15) is 5.26 Å². The van der Waals surface area contributed by atoms with Gasteiger partial charge in [-0.1, -0.05) is 0 Å². The van der Waals surface area contributed by atoms with Gasteiger partial charge in [0, 0.05) is 6.42 Å². The van der Waals surface area contributed by atoms with E-state index in [0.717, 1.165) is 0 Å². The first-order valence-electron chi connectivity index (χ1n) is 3.79. The molecule has 64 valence electrons. The van der Waals surface area contributed by atoms with Crippen LogP contribution in [-0.4, -0.2) is 18.1 Å². The zero-order chi connectivity index (χ0) is 8.69. The van der Waals surface area contributed by atoms with E-state index in [1.54, 1.807) is 0 Å². The monoisotopic (exact) mass is 175 g/mol. The first kappa shape index (κ1) is 10.7. The molecule has 0 heterocycles. The summed E-state index contributed by atoms with van der Waals surface area (Å²) >= 11 is 5.83. The molecule has 0 aromatic heterocycles. The Balaban J connectivity index is 3.23. The lowest BCUT2D eigenvalue weighted by Gasteiger charge is -2.10. The molecule has 2 nitrogen and oxygen atoms in total. The van der Waals surface area contributed by atoms with Gasteiger partial charge in [-0.05, 0) is 20.3 Å². The van der Waals surface area contributed by atoms with Crippen molar-refractivity contribution < 1.29 is 4.74 Å². The maximum atomic E-state index is 8.24. The van der Waals surface area contributed by atoms with Crippen molar-refractivity contribution in [1.29, 1.82) is 5.26 Å². The van der Waals surface area contributed by atoms with Crippen LogP contribution in [0.4, 0.5) is 0 Å². The van der Waals surface area contributed by atoms with Crippen LogP contribution in [0.2, 0.25) is 0 Å². The van der Waals surface area contributed by atoms with Crippen LogP contribution in [-0.2, 0) is 4.74 Å². The summed E-state index contributed by atoms with van der Waals surface area (Å²) in [6.07, 6.45) is 1.44. The number of hydrogen-bond acceptors (Lipinski definition) is 2. The van der Waals surface area contributed by atoms with Gasteiger partial charge in [0.2, 0.25) is 0 Å². The van der Waals surface area contributed by atoms with Crippen molar-refractivity contribution in [2.45, 2.75) is 38.2 Å². The van der Waals surface area contributed by atoms with Gasteiger partial charge < -0.3 is 4.74 Å². The van der Waals surface area contributed by atoms with E-state index in [9.17, 15) is 0 Å². The molecule has 0 aliphatic carbocycles. The quantitative estimate of drug-likeness (QED) is 0.601. The molecule has 0 saturated heterocycles. The Kier molecular flexibility index (Phi) is 6.30. The molecule has 0 saturated carbocycles. The summed E-state index contributed by atoms with van der Waals surface area (Å²) < 4.78 is 5.26. The first-order chi connectivity index (χ1) is 5.16. The molecular formula is C8H14ClNO. The van der Waals surface area contributed by atoms with Crippen molar-refractivity contribution in [3.8, 4) is 6.07 Å². The van der Waals surface area contributed by atoms with Crippen molar-refractivity contribution in [2.75, 3.05) is 6.61 Å². The normalized spacial score (nSPS) is 13.0. The Morgan fingerprint density at radius 3 is 2.64 bits per heavy atom. The number of halogens is 1. The molecule has 3 heteroatoms. The van der Waals surface area contributed by atoms with Gasteiger partial charge in [-0.15, -0.1) is 11.6 Å². The lowest BCUT2D eigenvalue weighted by Crippen LogP contribution is -2.13. The maximum Gasteiger partial charge on any atom is 0.0633 e. The lowest BCUT2D eigenvalue weighted by atomic mass is 10.2. The Labute approximate surface area is 73.1 Å². The van der Waals surface area contributed by atoms with Gasteiger partial charge in [0.1, 0.15) is 0 Å². The molecular weight excluding hydrogens is 162 g/mol. The standard InChI is InChI=1S/C8H14ClNO/c1-7(2)11-6-8(9)4-3-5-10/h7-8H,3-4,6H2,1-2H3. The van der Waals surface area contributed by atoms with Crippen molar-refractivity contribution in [3.63, 3.8) is 0 Å². The minimum absolute atomic E-state index is 0.0166. The van der Waals surface area contributed by atoms with E-state index < -0.39 is 0 Å². The van der Waals surface area contributed by atoms with Crippen molar-refractivity contribution in [3.05, 3.63) is 0 Å². The zero-order valence-electron chi connectivity index (χ0n) is 7.01. The molecule has 0 amide bonds. The average Bonchev–Trinajstić information content (AvgIpc) is 1.97. The molecule has 11 heavy (non-hydrogen) atoms. The summed E-state index contributed by atoms with van der Waals surface area (Å²) in [6, 6.07) is 2.05. The molecule has 0 aliphatic heterocycles. The maximum absolute atomic E-state index is 8.24. The number of hydrogen-bond donors (Lipinski definition) is 0. The van der Waals surface area contributed by atoms with Crippen LogP contribution in [0.25, 0.3) is 0 Å². The van der Waals surface area contributed by atoms with Crippen LogP contribution in [0.1, 0.15) is 26.7 Å². The lowest BCUT2D eigenvalue weighted by molar-refractivity contribution is 0.0780. The van der Waals surface area contributed by atoms with E-state index in [0.29, 0.717) is 19.4 Å². The Morgan fingerprint density at radius 2 is 2.18 bits per heavy atom. The topological polar surface area (TPSA) is 33.0 Å². The Hall–Kier alpha value is -0.260. The van der Waals surface area contributed by atoms with E-state index in [-0.39, 0.29) is 11.5 Å². The van der Waals surface area contributed by atoms with Crippen LogP contribution in [0.15, 0.2) is 0 Å². The fraction of sp³-hybridized carbons (Fsp3) is 0.875. The third-order valence-electron chi connectivity index (χ3n) is 1.18. The second kappa shape index (κ2) is 6.45. The van der Waals surface area contributed by atoms with Crippen LogP contribution in [0.5, 0.6) is 0 Å². The predicted octanol–water partition coefficient (Wildman–Crippen LogP) is 2.32. The first-order valence-corrected chi connectivity index (χ1v) is 4.23. The Morgan fingerprint density at radius 1 is 1.55 bits per heavy atom. The molecule has 0 spiro atoms. The zero-order valence-corrected chi connectivity index (χ0v) is 7.77. The van der Waals surface area contributed by atoms with E-state index >= 15 is 0 Å². The minimum Gasteiger partial charge on any atom is -0.377 e. The summed E-state index contributed by atoms with van der Waals surface area (Å²) in [4.78, 5) is 0. The van der Waals surface area contributed by atoms with E-state index in [1.165, 1.54) is 0 Å². The summed E-state index contributed by atoms with van der Waals surface area (Å²) in [5.41, 5.74) is 0. The molecule has 0 aromatic carbocycles. The second-order valence-corrected chi connectivity index (χ2v) is 3.29. The van der Waals surface area contributed by atoms with Crippen LogP contribution >= 0.6 is 11.6 Å². The number of nitrogens with zero attached hydrogens (tertiary/aromatic N) is 1. The van der Waals surface area contributed by atoms with Crippen LogP contribution < -0.4 is 0 Å². The van der Waals surface area contributed by atoms with Gasteiger partial charge >= 0.3 is 0 Å². The summed E-state index contributed by atoms with van der Waals surface area (Å²) in [5.74, 6) is 0. The van der Waals surface area contributed by atoms with Gasteiger partial charge in [0.25, 0.3) is 0 Å². The minimum atomic E-state index is -0.0166. The smallest absolute Gasteiger partial charge is 0.0633 e. The molecule has 0 N–H and O–H groups in total. The highest BCUT2D eigenvalue weighted by Crippen LogP contribution is 2.06. The highest BCUT2D eigenvalue weighted by atomic mass is 35.5. The summed E-state index contributed by atoms with van der Waals surface area (Å²) in [6.45, 7) is 4.47.